The molecule has 0 fully saturated rings. The molecule has 1 amide bonds. The molecule has 1 aromatic heterocycles. The van der Waals surface area contributed by atoms with Gasteiger partial charge in [0.15, 0.2) is 5.82 Å². The second-order valence-corrected chi connectivity index (χ2v) is 3.45. The van der Waals surface area contributed by atoms with Crippen molar-refractivity contribution in [2.75, 3.05) is 17.2 Å². The molecule has 0 aliphatic rings. The van der Waals surface area contributed by atoms with Crippen molar-refractivity contribution in [1.29, 1.82) is 0 Å². The zero-order valence-corrected chi connectivity index (χ0v) is 9.65. The van der Waals surface area contributed by atoms with E-state index in [-0.39, 0.29) is 6.04 Å². The van der Waals surface area contributed by atoms with Gasteiger partial charge in [-0.05, 0) is 32.9 Å². The second-order valence-electron chi connectivity index (χ2n) is 3.45. The zero-order chi connectivity index (χ0) is 12.0. The van der Waals surface area contributed by atoms with E-state index < -0.39 is 6.09 Å². The Morgan fingerprint density at radius 1 is 1.38 bits per heavy atom. The summed E-state index contributed by atoms with van der Waals surface area (Å²) in [5, 5.41) is 13.3. The lowest BCUT2D eigenvalue weighted by molar-refractivity contribution is 0.168. The summed E-state index contributed by atoms with van der Waals surface area (Å²) in [7, 11) is 0. The third kappa shape index (κ3) is 4.12. The molecule has 0 aliphatic heterocycles. The van der Waals surface area contributed by atoms with E-state index in [1.807, 2.05) is 13.8 Å². The molecule has 0 saturated carbocycles. The molecule has 0 bridgehead atoms. The van der Waals surface area contributed by atoms with Crippen LogP contribution < -0.4 is 10.6 Å². The van der Waals surface area contributed by atoms with Crippen LogP contribution in [-0.2, 0) is 4.74 Å². The number of hydrogen-bond acceptors (Lipinski definition) is 5. The summed E-state index contributed by atoms with van der Waals surface area (Å²) in [5.74, 6) is 1.04. The van der Waals surface area contributed by atoms with Crippen molar-refractivity contribution < 1.29 is 9.53 Å². The smallest absolute Gasteiger partial charge is 0.412 e. The van der Waals surface area contributed by atoms with E-state index in [0.29, 0.717) is 18.2 Å². The van der Waals surface area contributed by atoms with Crippen molar-refractivity contribution in [3.8, 4) is 0 Å². The van der Waals surface area contributed by atoms with Gasteiger partial charge < -0.3 is 10.1 Å². The maximum atomic E-state index is 11.1. The quantitative estimate of drug-likeness (QED) is 0.816. The normalized spacial score (nSPS) is 10.0. The van der Waals surface area contributed by atoms with Crippen molar-refractivity contribution in [2.24, 2.45) is 0 Å². The highest BCUT2D eigenvalue weighted by Gasteiger charge is 2.03. The minimum atomic E-state index is -0.527. The van der Waals surface area contributed by atoms with Crippen LogP contribution in [0.2, 0.25) is 0 Å². The van der Waals surface area contributed by atoms with E-state index in [9.17, 15) is 4.79 Å². The van der Waals surface area contributed by atoms with Crippen LogP contribution in [0, 0.1) is 0 Å². The number of rotatable bonds is 4. The number of aromatic nitrogens is 2. The summed E-state index contributed by atoms with van der Waals surface area (Å²) in [6.45, 7) is 6.08. The van der Waals surface area contributed by atoms with Crippen molar-refractivity contribution in [2.45, 2.75) is 26.8 Å². The van der Waals surface area contributed by atoms with E-state index in [4.69, 9.17) is 4.74 Å². The summed E-state index contributed by atoms with van der Waals surface area (Å²) in [6, 6.07) is 3.70. The summed E-state index contributed by atoms with van der Waals surface area (Å²) in [6.07, 6.45) is -0.527. The first-order valence-corrected chi connectivity index (χ1v) is 5.16. The number of anilines is 2. The van der Waals surface area contributed by atoms with Gasteiger partial charge in [0.1, 0.15) is 5.82 Å². The Labute approximate surface area is 94.4 Å². The lowest BCUT2D eigenvalue weighted by Crippen LogP contribution is -2.15. The third-order valence-electron chi connectivity index (χ3n) is 1.61. The number of ether oxygens (including phenoxy) is 1. The standard InChI is InChI=1S/C10H16N4O2/c1-4-16-10(15)12-9-6-5-8(13-14-9)11-7(2)3/h5-7H,4H2,1-3H3,(H,11,13)(H,12,14,15). The largest absolute Gasteiger partial charge is 0.450 e. The highest BCUT2D eigenvalue weighted by atomic mass is 16.5. The fourth-order valence-electron chi connectivity index (χ4n) is 1.04. The highest BCUT2D eigenvalue weighted by Crippen LogP contribution is 2.07. The average Bonchev–Trinajstić information content (AvgIpc) is 2.20. The van der Waals surface area contributed by atoms with Crippen LogP contribution in [-0.4, -0.2) is 28.9 Å². The van der Waals surface area contributed by atoms with Gasteiger partial charge in [0.25, 0.3) is 0 Å². The second kappa shape index (κ2) is 5.89. The fourth-order valence-corrected chi connectivity index (χ4v) is 1.04. The maximum absolute atomic E-state index is 11.1. The van der Waals surface area contributed by atoms with Gasteiger partial charge in [-0.3, -0.25) is 5.32 Å². The molecule has 1 rings (SSSR count). The van der Waals surface area contributed by atoms with Crippen LogP contribution in [0.15, 0.2) is 12.1 Å². The molecule has 1 aromatic rings. The summed E-state index contributed by atoms with van der Waals surface area (Å²) in [5.41, 5.74) is 0. The van der Waals surface area contributed by atoms with Crippen LogP contribution in [0.3, 0.4) is 0 Å². The summed E-state index contributed by atoms with van der Waals surface area (Å²) in [4.78, 5) is 11.1. The van der Waals surface area contributed by atoms with Gasteiger partial charge in [0.05, 0.1) is 6.61 Å². The van der Waals surface area contributed by atoms with E-state index in [2.05, 4.69) is 20.8 Å². The number of nitrogens with zero attached hydrogens (tertiary/aromatic N) is 2. The lowest BCUT2D eigenvalue weighted by atomic mass is 10.4. The Morgan fingerprint density at radius 2 is 2.00 bits per heavy atom. The van der Waals surface area contributed by atoms with Gasteiger partial charge >= 0.3 is 6.09 Å². The molecule has 1 heterocycles. The number of hydrogen-bond donors (Lipinski definition) is 2. The SMILES string of the molecule is CCOC(=O)Nc1ccc(NC(C)C)nn1. The van der Waals surface area contributed by atoms with Crippen LogP contribution in [0.25, 0.3) is 0 Å². The van der Waals surface area contributed by atoms with E-state index in [0.717, 1.165) is 0 Å². The van der Waals surface area contributed by atoms with Crippen molar-refractivity contribution >= 4 is 17.7 Å². The van der Waals surface area contributed by atoms with Crippen molar-refractivity contribution in [1.82, 2.24) is 10.2 Å². The Hall–Kier alpha value is -1.85. The first-order valence-electron chi connectivity index (χ1n) is 5.16. The first-order chi connectivity index (χ1) is 7.61. The Bertz CT molecular complexity index is 337. The monoisotopic (exact) mass is 224 g/mol. The minimum absolute atomic E-state index is 0.290. The van der Waals surface area contributed by atoms with Gasteiger partial charge in [-0.1, -0.05) is 0 Å². The van der Waals surface area contributed by atoms with Crippen LogP contribution in [0.5, 0.6) is 0 Å². The number of amides is 1. The summed E-state index contributed by atoms with van der Waals surface area (Å²) >= 11 is 0. The first kappa shape index (κ1) is 12.2. The molecule has 16 heavy (non-hydrogen) atoms. The van der Waals surface area contributed by atoms with Gasteiger partial charge in [-0.2, -0.15) is 0 Å². The molecular formula is C10H16N4O2. The van der Waals surface area contributed by atoms with Gasteiger partial charge in [-0.25, -0.2) is 4.79 Å². The molecule has 6 nitrogen and oxygen atoms in total. The van der Waals surface area contributed by atoms with E-state index >= 15 is 0 Å². The van der Waals surface area contributed by atoms with Crippen molar-refractivity contribution in [3.63, 3.8) is 0 Å². The highest BCUT2D eigenvalue weighted by molar-refractivity contribution is 5.83. The molecule has 2 N–H and O–H groups in total. The van der Waals surface area contributed by atoms with Gasteiger partial charge in [0.2, 0.25) is 0 Å². The number of carbonyl (C=O) groups is 1. The van der Waals surface area contributed by atoms with Gasteiger partial charge in [0, 0.05) is 6.04 Å². The molecule has 0 radical (unpaired) electrons. The Morgan fingerprint density at radius 3 is 2.50 bits per heavy atom. The molecule has 0 aromatic carbocycles. The molecule has 6 heteroatoms. The molecule has 0 saturated heterocycles. The molecule has 88 valence electrons. The summed E-state index contributed by atoms with van der Waals surface area (Å²) < 4.78 is 4.71. The predicted octanol–water partition coefficient (Wildman–Crippen LogP) is 1.87. The molecule has 0 spiro atoms. The zero-order valence-electron chi connectivity index (χ0n) is 9.65. The third-order valence-corrected chi connectivity index (χ3v) is 1.61. The van der Waals surface area contributed by atoms with Crippen LogP contribution >= 0.6 is 0 Å². The lowest BCUT2D eigenvalue weighted by Gasteiger charge is -2.08. The van der Waals surface area contributed by atoms with Crippen LogP contribution in [0.1, 0.15) is 20.8 Å². The Kier molecular flexibility index (Phi) is 4.50. The predicted molar refractivity (Wildman–Crippen MR) is 61.4 cm³/mol. The maximum Gasteiger partial charge on any atom is 0.412 e. The minimum Gasteiger partial charge on any atom is -0.450 e. The van der Waals surface area contributed by atoms with Crippen molar-refractivity contribution in [3.05, 3.63) is 12.1 Å². The van der Waals surface area contributed by atoms with E-state index in [1.54, 1.807) is 19.1 Å². The average molecular weight is 224 g/mol. The molecule has 0 atom stereocenters. The van der Waals surface area contributed by atoms with E-state index in [1.165, 1.54) is 0 Å². The number of nitrogens with one attached hydrogen (secondary N) is 2. The fraction of sp³-hybridized carbons (Fsp3) is 0.500. The van der Waals surface area contributed by atoms with Crippen LogP contribution in [0.4, 0.5) is 16.4 Å². The number of carbonyl (C=O) groups excluding carboxylic acids is 1. The Balaban J connectivity index is 2.54. The molecule has 0 aliphatic carbocycles. The molecule has 0 unspecified atom stereocenters. The molecular weight excluding hydrogens is 208 g/mol. The topological polar surface area (TPSA) is 76.1 Å². The van der Waals surface area contributed by atoms with Gasteiger partial charge in [-0.15, -0.1) is 10.2 Å².